The molecule has 4 aromatic rings. The summed E-state index contributed by atoms with van der Waals surface area (Å²) in [4.78, 5) is 15.1. The van der Waals surface area contributed by atoms with Crippen LogP contribution in [0.15, 0.2) is 78.9 Å². The SMILES string of the molecule is O=C(O)c1cccc2[nH]c(-c3ccccc3)c(-c3ccccc3)c12. The predicted molar refractivity (Wildman–Crippen MR) is 96.1 cm³/mol. The van der Waals surface area contributed by atoms with Gasteiger partial charge in [0.1, 0.15) is 0 Å². The highest BCUT2D eigenvalue weighted by atomic mass is 16.4. The van der Waals surface area contributed by atoms with Gasteiger partial charge in [-0.2, -0.15) is 0 Å². The lowest BCUT2D eigenvalue weighted by Crippen LogP contribution is -1.97. The van der Waals surface area contributed by atoms with Crippen molar-refractivity contribution < 1.29 is 9.90 Å². The molecule has 0 fully saturated rings. The third-order valence-electron chi connectivity index (χ3n) is 4.18. The third kappa shape index (κ3) is 2.27. The maximum absolute atomic E-state index is 11.7. The fourth-order valence-electron chi connectivity index (χ4n) is 3.14. The first-order chi connectivity index (χ1) is 11.8. The Labute approximate surface area is 139 Å². The van der Waals surface area contributed by atoms with Crippen LogP contribution in [0.4, 0.5) is 0 Å². The minimum Gasteiger partial charge on any atom is -0.478 e. The van der Waals surface area contributed by atoms with Crippen LogP contribution in [-0.2, 0) is 0 Å². The molecule has 2 N–H and O–H groups in total. The Morgan fingerprint density at radius 2 is 1.38 bits per heavy atom. The van der Waals surface area contributed by atoms with Gasteiger partial charge < -0.3 is 10.1 Å². The predicted octanol–water partition coefficient (Wildman–Crippen LogP) is 5.20. The highest BCUT2D eigenvalue weighted by Gasteiger charge is 2.19. The van der Waals surface area contributed by atoms with E-state index in [1.807, 2.05) is 66.7 Å². The number of aromatic amines is 1. The van der Waals surface area contributed by atoms with Gasteiger partial charge in [0.25, 0.3) is 0 Å². The largest absolute Gasteiger partial charge is 0.478 e. The minimum absolute atomic E-state index is 0.310. The van der Waals surface area contributed by atoms with Crippen LogP contribution in [0.2, 0.25) is 0 Å². The van der Waals surface area contributed by atoms with E-state index < -0.39 is 5.97 Å². The van der Waals surface area contributed by atoms with E-state index in [1.54, 1.807) is 12.1 Å². The average Bonchev–Trinajstić information content (AvgIpc) is 3.02. The van der Waals surface area contributed by atoms with Gasteiger partial charge in [0, 0.05) is 16.5 Å². The molecule has 0 unspecified atom stereocenters. The van der Waals surface area contributed by atoms with Crippen molar-refractivity contribution in [1.82, 2.24) is 4.98 Å². The summed E-state index contributed by atoms with van der Waals surface area (Å²) in [7, 11) is 0. The molecule has 1 aromatic heterocycles. The number of hydrogen-bond acceptors (Lipinski definition) is 1. The quantitative estimate of drug-likeness (QED) is 0.546. The smallest absolute Gasteiger partial charge is 0.336 e. The molecule has 3 nitrogen and oxygen atoms in total. The van der Waals surface area contributed by atoms with E-state index in [4.69, 9.17) is 0 Å². The van der Waals surface area contributed by atoms with Crippen LogP contribution in [0, 0.1) is 0 Å². The summed E-state index contributed by atoms with van der Waals surface area (Å²) in [6.07, 6.45) is 0. The second kappa shape index (κ2) is 5.70. The molecule has 0 aliphatic heterocycles. The molecule has 1 heterocycles. The number of aromatic nitrogens is 1. The Balaban J connectivity index is 2.14. The van der Waals surface area contributed by atoms with E-state index in [0.29, 0.717) is 5.56 Å². The van der Waals surface area contributed by atoms with Crippen LogP contribution >= 0.6 is 0 Å². The number of carboxylic acid groups (broad SMARTS) is 1. The average molecular weight is 313 g/mol. The molecule has 0 atom stereocenters. The van der Waals surface area contributed by atoms with Crippen LogP contribution in [0.5, 0.6) is 0 Å². The van der Waals surface area contributed by atoms with E-state index in [0.717, 1.165) is 33.3 Å². The van der Waals surface area contributed by atoms with Gasteiger partial charge in [0.2, 0.25) is 0 Å². The number of fused-ring (bicyclic) bond motifs is 1. The van der Waals surface area contributed by atoms with Gasteiger partial charge in [0.05, 0.1) is 11.3 Å². The summed E-state index contributed by atoms with van der Waals surface area (Å²) < 4.78 is 0. The van der Waals surface area contributed by atoms with E-state index in [9.17, 15) is 9.90 Å². The molecular weight excluding hydrogens is 298 g/mol. The van der Waals surface area contributed by atoms with Gasteiger partial charge in [0.15, 0.2) is 0 Å². The number of rotatable bonds is 3. The Bertz CT molecular complexity index is 1020. The lowest BCUT2D eigenvalue weighted by atomic mass is 9.96. The van der Waals surface area contributed by atoms with E-state index in [-0.39, 0.29) is 0 Å². The molecule has 0 spiro atoms. The van der Waals surface area contributed by atoms with Gasteiger partial charge in [-0.25, -0.2) is 4.79 Å². The van der Waals surface area contributed by atoms with Crippen molar-refractivity contribution >= 4 is 16.9 Å². The number of aromatic carboxylic acids is 1. The Kier molecular flexibility index (Phi) is 3.39. The minimum atomic E-state index is -0.920. The molecule has 0 aliphatic carbocycles. The molecule has 3 aromatic carbocycles. The van der Waals surface area contributed by atoms with Crippen molar-refractivity contribution in [2.45, 2.75) is 0 Å². The maximum Gasteiger partial charge on any atom is 0.336 e. The van der Waals surface area contributed by atoms with Crippen molar-refractivity contribution in [3.63, 3.8) is 0 Å². The first-order valence-corrected chi connectivity index (χ1v) is 7.74. The van der Waals surface area contributed by atoms with Gasteiger partial charge in [-0.1, -0.05) is 66.7 Å². The lowest BCUT2D eigenvalue weighted by molar-refractivity contribution is 0.0699. The number of carboxylic acids is 1. The molecule has 4 rings (SSSR count). The van der Waals surface area contributed by atoms with Gasteiger partial charge in [-0.3, -0.25) is 0 Å². The zero-order valence-electron chi connectivity index (χ0n) is 12.9. The van der Waals surface area contributed by atoms with Crippen molar-refractivity contribution in [2.24, 2.45) is 0 Å². The fourth-order valence-corrected chi connectivity index (χ4v) is 3.14. The van der Waals surface area contributed by atoms with Gasteiger partial charge in [-0.15, -0.1) is 0 Å². The first-order valence-electron chi connectivity index (χ1n) is 7.74. The molecule has 116 valence electrons. The number of carbonyl (C=O) groups is 1. The second-order valence-electron chi connectivity index (χ2n) is 5.64. The highest BCUT2D eigenvalue weighted by molar-refractivity contribution is 6.13. The second-order valence-corrected chi connectivity index (χ2v) is 5.64. The number of benzene rings is 3. The molecule has 0 saturated carbocycles. The van der Waals surface area contributed by atoms with Crippen molar-refractivity contribution in [3.8, 4) is 22.4 Å². The van der Waals surface area contributed by atoms with Crippen LogP contribution < -0.4 is 0 Å². The highest BCUT2D eigenvalue weighted by Crippen LogP contribution is 2.39. The fraction of sp³-hybridized carbons (Fsp3) is 0. The van der Waals surface area contributed by atoms with Crippen LogP contribution in [0.25, 0.3) is 33.3 Å². The topological polar surface area (TPSA) is 53.1 Å². The summed E-state index contributed by atoms with van der Waals surface area (Å²) in [6.45, 7) is 0. The summed E-state index contributed by atoms with van der Waals surface area (Å²) >= 11 is 0. The monoisotopic (exact) mass is 313 g/mol. The molecule has 24 heavy (non-hydrogen) atoms. The summed E-state index contributed by atoms with van der Waals surface area (Å²) in [5.41, 5.74) is 5.03. The van der Waals surface area contributed by atoms with E-state index >= 15 is 0 Å². The van der Waals surface area contributed by atoms with Crippen molar-refractivity contribution in [1.29, 1.82) is 0 Å². The number of hydrogen-bond donors (Lipinski definition) is 2. The first kappa shape index (κ1) is 14.3. The molecule has 0 radical (unpaired) electrons. The maximum atomic E-state index is 11.7. The molecule has 0 aliphatic rings. The molecular formula is C21H15NO2. The molecule has 0 amide bonds. The van der Waals surface area contributed by atoms with Gasteiger partial charge in [-0.05, 0) is 23.3 Å². The molecule has 3 heteroatoms. The summed E-state index contributed by atoms with van der Waals surface area (Å²) in [5, 5.41) is 10.4. The van der Waals surface area contributed by atoms with Crippen molar-refractivity contribution in [2.75, 3.05) is 0 Å². The van der Waals surface area contributed by atoms with Gasteiger partial charge >= 0.3 is 5.97 Å². The summed E-state index contributed by atoms with van der Waals surface area (Å²) in [5.74, 6) is -0.920. The Morgan fingerprint density at radius 1 is 0.750 bits per heavy atom. The standard InChI is InChI=1S/C21H15NO2/c23-21(24)16-12-7-13-17-19(16)18(14-8-3-1-4-9-14)20(22-17)15-10-5-2-6-11-15/h1-13,22H,(H,23,24). The van der Waals surface area contributed by atoms with Crippen LogP contribution in [0.3, 0.4) is 0 Å². The van der Waals surface area contributed by atoms with E-state index in [2.05, 4.69) is 4.98 Å². The lowest BCUT2D eigenvalue weighted by Gasteiger charge is -2.07. The number of nitrogens with one attached hydrogen (secondary N) is 1. The van der Waals surface area contributed by atoms with Crippen LogP contribution in [0.1, 0.15) is 10.4 Å². The van der Waals surface area contributed by atoms with Crippen molar-refractivity contribution in [3.05, 3.63) is 84.4 Å². The molecule has 0 bridgehead atoms. The van der Waals surface area contributed by atoms with E-state index in [1.165, 1.54) is 0 Å². The Morgan fingerprint density at radius 3 is 2.00 bits per heavy atom. The van der Waals surface area contributed by atoms with Crippen LogP contribution in [-0.4, -0.2) is 16.1 Å². The summed E-state index contributed by atoms with van der Waals surface area (Å²) in [6, 6.07) is 25.2. The number of H-pyrrole nitrogens is 1. The normalized spacial score (nSPS) is 10.8. The third-order valence-corrected chi connectivity index (χ3v) is 4.18. The Hall–Kier alpha value is -3.33. The molecule has 0 saturated heterocycles. The zero-order valence-corrected chi connectivity index (χ0v) is 12.9. The zero-order chi connectivity index (χ0) is 16.5.